The number of piperazine rings is 1. The topological polar surface area (TPSA) is 60.3 Å². The van der Waals surface area contributed by atoms with Gasteiger partial charge in [0.25, 0.3) is 0 Å². The molecule has 2 heterocycles. The third-order valence-electron chi connectivity index (χ3n) is 4.16. The minimum atomic E-state index is -0.323. The van der Waals surface area contributed by atoms with E-state index in [2.05, 4.69) is 50.4 Å². The number of hydrogen-bond acceptors (Lipinski definition) is 4. The maximum Gasteiger partial charge on any atom is 0.346 e. The maximum atomic E-state index is 11.2. The molecule has 24 heavy (non-hydrogen) atoms. The molecule has 6 nitrogen and oxygen atoms in total. The molecule has 2 amide bonds. The molecule has 0 aromatic heterocycles. The molecular weight excluding hydrogens is 302 g/mol. The van der Waals surface area contributed by atoms with E-state index in [9.17, 15) is 4.79 Å². The van der Waals surface area contributed by atoms with Gasteiger partial charge in [-0.3, -0.25) is 5.01 Å². The lowest BCUT2D eigenvalue weighted by Crippen LogP contribution is -2.44. The summed E-state index contributed by atoms with van der Waals surface area (Å²) in [6.45, 7) is 3.60. The average Bonchev–Trinajstić information content (AvgIpc) is 3.00. The van der Waals surface area contributed by atoms with Crippen molar-refractivity contribution in [1.82, 2.24) is 5.01 Å². The lowest BCUT2D eigenvalue weighted by Gasteiger charge is -2.34. The second-order valence-corrected chi connectivity index (χ2v) is 5.76. The van der Waals surface area contributed by atoms with Gasteiger partial charge >= 0.3 is 6.03 Å². The van der Waals surface area contributed by atoms with Crippen LogP contribution in [0, 0.1) is 0 Å². The van der Waals surface area contributed by atoms with E-state index in [1.54, 1.807) is 6.07 Å². The Bertz CT molecular complexity index is 910. The van der Waals surface area contributed by atoms with Gasteiger partial charge in [0, 0.05) is 29.9 Å². The molecule has 0 unspecified atom stereocenters. The van der Waals surface area contributed by atoms with Crippen molar-refractivity contribution in [3.8, 4) is 0 Å². The standard InChI is InChI=1S/C18H17N5O/c24-18-20-16-7-6-14(12-17(16)21-18)13-19-23-10-8-22(9-11-23)15-4-2-1-3-5-15/h1-7,12H,8-11H2,(H,21,24). The Morgan fingerprint density at radius 1 is 1.04 bits per heavy atom. The number of amides is 2. The number of urea groups is 1. The molecule has 0 radical (unpaired) electrons. The zero-order chi connectivity index (χ0) is 16.4. The van der Waals surface area contributed by atoms with E-state index < -0.39 is 0 Å². The quantitative estimate of drug-likeness (QED) is 0.838. The fourth-order valence-electron chi connectivity index (χ4n) is 2.88. The SMILES string of the molecule is O=C1N=c2ccc(=C=NN3CCN(c4ccccc4)CC3)cc2N1. The normalized spacial score (nSPS) is 16.1. The van der Waals surface area contributed by atoms with Crippen LogP contribution in [0.2, 0.25) is 0 Å². The van der Waals surface area contributed by atoms with Gasteiger partial charge in [-0.1, -0.05) is 18.2 Å². The molecule has 6 heteroatoms. The molecule has 2 aromatic rings. The summed E-state index contributed by atoms with van der Waals surface area (Å²) in [7, 11) is 0. The molecule has 2 aromatic carbocycles. The van der Waals surface area contributed by atoms with Gasteiger partial charge in [0.2, 0.25) is 0 Å². The predicted octanol–water partition coefficient (Wildman–Crippen LogP) is 0.930. The molecule has 1 fully saturated rings. The minimum absolute atomic E-state index is 0.323. The van der Waals surface area contributed by atoms with Gasteiger partial charge in [0.15, 0.2) is 0 Å². The van der Waals surface area contributed by atoms with Crippen LogP contribution < -0.4 is 20.8 Å². The Balaban J connectivity index is 1.46. The number of hydrazone groups is 1. The van der Waals surface area contributed by atoms with Gasteiger partial charge in [0.1, 0.15) is 0 Å². The number of para-hydroxylation sites is 1. The van der Waals surface area contributed by atoms with Crippen molar-refractivity contribution in [3.63, 3.8) is 0 Å². The van der Waals surface area contributed by atoms with Crippen LogP contribution in [0.15, 0.2) is 58.6 Å². The number of anilines is 2. The molecule has 2 aliphatic heterocycles. The third kappa shape index (κ3) is 3.00. The van der Waals surface area contributed by atoms with Crippen molar-refractivity contribution < 1.29 is 4.79 Å². The molecule has 1 saturated heterocycles. The van der Waals surface area contributed by atoms with Gasteiger partial charge in [-0.05, 0) is 30.3 Å². The van der Waals surface area contributed by atoms with E-state index in [-0.39, 0.29) is 6.03 Å². The van der Waals surface area contributed by atoms with E-state index in [1.165, 1.54) is 5.69 Å². The maximum absolute atomic E-state index is 11.2. The van der Waals surface area contributed by atoms with Crippen molar-refractivity contribution in [1.29, 1.82) is 0 Å². The summed E-state index contributed by atoms with van der Waals surface area (Å²) in [4.78, 5) is 17.4. The molecule has 0 saturated carbocycles. The summed E-state index contributed by atoms with van der Waals surface area (Å²) in [6, 6.07) is 15.6. The Kier molecular flexibility index (Phi) is 3.73. The van der Waals surface area contributed by atoms with Crippen LogP contribution in [0.25, 0.3) is 0 Å². The lowest BCUT2D eigenvalue weighted by atomic mass is 10.2. The van der Waals surface area contributed by atoms with Crippen molar-refractivity contribution >= 4 is 23.3 Å². The first kappa shape index (κ1) is 14.5. The molecule has 0 aliphatic carbocycles. The average molecular weight is 319 g/mol. The molecule has 120 valence electrons. The first-order valence-corrected chi connectivity index (χ1v) is 7.96. The molecule has 1 N–H and O–H groups in total. The minimum Gasteiger partial charge on any atom is -0.368 e. The number of rotatable bonds is 2. The second-order valence-electron chi connectivity index (χ2n) is 5.76. The second kappa shape index (κ2) is 6.18. The summed E-state index contributed by atoms with van der Waals surface area (Å²) in [5.41, 5.74) is 1.97. The van der Waals surface area contributed by atoms with Gasteiger partial charge < -0.3 is 10.2 Å². The Morgan fingerprint density at radius 3 is 2.62 bits per heavy atom. The lowest BCUT2D eigenvalue weighted by molar-refractivity contribution is 0.260. The zero-order valence-electron chi connectivity index (χ0n) is 13.1. The van der Waals surface area contributed by atoms with Crippen LogP contribution in [-0.2, 0) is 0 Å². The summed E-state index contributed by atoms with van der Waals surface area (Å²) in [5.74, 6) is 3.05. The molecular formula is C18H17N5O. The largest absolute Gasteiger partial charge is 0.368 e. The Labute approximate surface area is 139 Å². The van der Waals surface area contributed by atoms with E-state index in [4.69, 9.17) is 0 Å². The van der Waals surface area contributed by atoms with Gasteiger partial charge in [-0.25, -0.2) is 4.79 Å². The van der Waals surface area contributed by atoms with Crippen LogP contribution >= 0.6 is 0 Å². The molecule has 4 rings (SSSR count). The van der Waals surface area contributed by atoms with Crippen molar-refractivity contribution in [3.05, 3.63) is 59.1 Å². The zero-order valence-corrected chi connectivity index (χ0v) is 13.1. The highest BCUT2D eigenvalue weighted by Gasteiger charge is 2.15. The van der Waals surface area contributed by atoms with E-state index in [1.807, 2.05) is 23.2 Å². The number of nitrogens with zero attached hydrogens (tertiary/aromatic N) is 4. The Morgan fingerprint density at radius 2 is 1.83 bits per heavy atom. The van der Waals surface area contributed by atoms with Crippen molar-refractivity contribution in [2.45, 2.75) is 0 Å². The number of carbonyl (C=O) groups excluding carboxylic acids is 1. The smallest absolute Gasteiger partial charge is 0.346 e. The number of fused-ring (bicyclic) bond motifs is 1. The molecule has 0 bridgehead atoms. The fourth-order valence-corrected chi connectivity index (χ4v) is 2.88. The van der Waals surface area contributed by atoms with Crippen LogP contribution in [0.3, 0.4) is 0 Å². The highest BCUT2D eigenvalue weighted by Crippen LogP contribution is 2.15. The van der Waals surface area contributed by atoms with E-state index in [0.29, 0.717) is 11.0 Å². The molecule has 2 aliphatic rings. The van der Waals surface area contributed by atoms with Gasteiger partial charge in [0.05, 0.1) is 24.1 Å². The number of benzene rings is 2. The van der Waals surface area contributed by atoms with Crippen LogP contribution in [-0.4, -0.2) is 43.1 Å². The summed E-state index contributed by atoms with van der Waals surface area (Å²) < 4.78 is 0. The summed E-state index contributed by atoms with van der Waals surface area (Å²) in [5, 5.41) is 10.7. The summed E-state index contributed by atoms with van der Waals surface area (Å²) in [6.07, 6.45) is 0. The first-order valence-electron chi connectivity index (χ1n) is 7.96. The van der Waals surface area contributed by atoms with Gasteiger partial charge in [-0.2, -0.15) is 4.99 Å². The monoisotopic (exact) mass is 319 g/mol. The van der Waals surface area contributed by atoms with Crippen LogP contribution in [0.1, 0.15) is 0 Å². The van der Waals surface area contributed by atoms with E-state index in [0.717, 1.165) is 31.4 Å². The number of hydrogen-bond donors (Lipinski definition) is 1. The Hall–Kier alpha value is -3.11. The highest BCUT2D eigenvalue weighted by molar-refractivity contribution is 5.93. The number of carbonyl (C=O) groups is 1. The van der Waals surface area contributed by atoms with Crippen molar-refractivity contribution in [2.75, 3.05) is 36.4 Å². The van der Waals surface area contributed by atoms with E-state index >= 15 is 0 Å². The van der Waals surface area contributed by atoms with Crippen molar-refractivity contribution in [2.24, 2.45) is 10.1 Å². The first-order chi connectivity index (χ1) is 11.8. The molecule has 0 atom stereocenters. The molecule has 0 spiro atoms. The number of nitrogens with one attached hydrogen (secondary N) is 1. The van der Waals surface area contributed by atoms with Gasteiger partial charge in [-0.15, -0.1) is 5.10 Å². The van der Waals surface area contributed by atoms with Crippen LogP contribution in [0.5, 0.6) is 0 Å². The predicted molar refractivity (Wildman–Crippen MR) is 93.0 cm³/mol. The highest BCUT2D eigenvalue weighted by atomic mass is 16.2. The third-order valence-corrected chi connectivity index (χ3v) is 4.16. The fraction of sp³-hybridized carbons (Fsp3) is 0.222. The summed E-state index contributed by atoms with van der Waals surface area (Å²) >= 11 is 0. The van der Waals surface area contributed by atoms with Crippen LogP contribution in [0.4, 0.5) is 16.2 Å².